The van der Waals surface area contributed by atoms with Gasteiger partial charge in [-0.1, -0.05) is 25.3 Å². The largest absolute Gasteiger partial charge is 0.593 e. The minimum absolute atomic E-state index is 0.116. The van der Waals surface area contributed by atoms with Crippen molar-refractivity contribution in [2.45, 2.75) is 32.1 Å². The van der Waals surface area contributed by atoms with Crippen molar-refractivity contribution in [3.63, 3.8) is 0 Å². The molecule has 1 aliphatic carbocycles. The Labute approximate surface area is 149 Å². The predicted octanol–water partition coefficient (Wildman–Crippen LogP) is 4.20. The molecule has 1 aromatic rings. The maximum absolute atomic E-state index is 12.4. The molecule has 0 N–H and O–H groups in total. The third kappa shape index (κ3) is 5.77. The van der Waals surface area contributed by atoms with Crippen molar-refractivity contribution in [1.29, 1.82) is 0 Å². The van der Waals surface area contributed by atoms with Gasteiger partial charge >= 0.3 is 13.6 Å². The molecule has 138 valence electrons. The van der Waals surface area contributed by atoms with Crippen molar-refractivity contribution >= 4 is 13.6 Å². The summed E-state index contributed by atoms with van der Waals surface area (Å²) in [5.74, 6) is 1.23. The molecule has 2 rings (SSSR count). The highest BCUT2D eigenvalue weighted by Crippen LogP contribution is 2.37. The Hall–Kier alpha value is -1.49. The van der Waals surface area contributed by atoms with Gasteiger partial charge in [-0.05, 0) is 35.5 Å². The Morgan fingerprint density at radius 3 is 2.32 bits per heavy atom. The number of hydrogen-bond acceptors (Lipinski definition) is 6. The Morgan fingerprint density at radius 1 is 1.08 bits per heavy atom. The summed E-state index contributed by atoms with van der Waals surface area (Å²) in [5.41, 5.74) is -0.506. The van der Waals surface area contributed by atoms with E-state index in [1.807, 2.05) is 0 Å². The van der Waals surface area contributed by atoms with Crippen LogP contribution in [0.4, 0.5) is 0 Å². The van der Waals surface area contributed by atoms with Crippen LogP contribution in [0.15, 0.2) is 18.2 Å². The topological polar surface area (TPSA) is 71.1 Å². The zero-order valence-electron chi connectivity index (χ0n) is 14.9. The molecule has 6 nitrogen and oxygen atoms in total. The molecule has 1 saturated carbocycles. The van der Waals surface area contributed by atoms with Gasteiger partial charge in [-0.15, -0.1) is 4.52 Å². The lowest BCUT2D eigenvalue weighted by Gasteiger charge is -2.20. The predicted molar refractivity (Wildman–Crippen MR) is 94.8 cm³/mol. The van der Waals surface area contributed by atoms with Crippen molar-refractivity contribution in [2.75, 3.05) is 34.0 Å². The lowest BCUT2D eigenvalue weighted by Crippen LogP contribution is -2.15. The van der Waals surface area contributed by atoms with E-state index in [-0.39, 0.29) is 12.2 Å². The molecular weight excluding hydrogens is 343 g/mol. The minimum atomic E-state index is -2.52. The molecule has 1 atom stereocenters. The summed E-state index contributed by atoms with van der Waals surface area (Å²) >= 11 is 0. The van der Waals surface area contributed by atoms with Crippen LogP contribution >= 0.6 is 8.03 Å². The van der Waals surface area contributed by atoms with Crippen LogP contribution in [-0.4, -0.2) is 39.6 Å². The van der Waals surface area contributed by atoms with Crippen LogP contribution in [0.25, 0.3) is 0 Å². The van der Waals surface area contributed by atoms with E-state index in [9.17, 15) is 9.36 Å². The molecule has 7 heteroatoms. The first-order valence-electron chi connectivity index (χ1n) is 8.60. The van der Waals surface area contributed by atoms with E-state index in [0.717, 1.165) is 0 Å². The van der Waals surface area contributed by atoms with Gasteiger partial charge in [0.05, 0.1) is 20.8 Å². The number of benzene rings is 1. The first-order valence-corrected chi connectivity index (χ1v) is 9.78. The summed E-state index contributed by atoms with van der Waals surface area (Å²) in [5, 5.41) is 0. The summed E-state index contributed by atoms with van der Waals surface area (Å²) in [6.45, 7) is 1.15. The fraction of sp³-hybridized carbons (Fsp3) is 0.611. The van der Waals surface area contributed by atoms with Crippen LogP contribution in [-0.2, 0) is 13.8 Å². The van der Waals surface area contributed by atoms with Crippen molar-refractivity contribution in [1.82, 2.24) is 0 Å². The maximum Gasteiger partial charge on any atom is 0.593 e. The molecule has 0 bridgehead atoms. The second kappa shape index (κ2) is 10.5. The second-order valence-electron chi connectivity index (χ2n) is 6.01. The molecule has 25 heavy (non-hydrogen) atoms. The van der Waals surface area contributed by atoms with Crippen molar-refractivity contribution in [3.8, 4) is 11.5 Å². The van der Waals surface area contributed by atoms with Gasteiger partial charge in [-0.25, -0.2) is 4.79 Å². The SMILES string of the molecule is COc1cccc(OC)c1C(=O)[P+](=O)OCCOCC1CCCCC1. The van der Waals surface area contributed by atoms with Crippen molar-refractivity contribution in [2.24, 2.45) is 5.92 Å². The number of ether oxygens (including phenoxy) is 3. The molecule has 0 amide bonds. The fourth-order valence-electron chi connectivity index (χ4n) is 2.99. The molecule has 0 heterocycles. The van der Waals surface area contributed by atoms with Gasteiger partial charge in [-0.2, -0.15) is 0 Å². The van der Waals surface area contributed by atoms with Gasteiger partial charge < -0.3 is 14.2 Å². The van der Waals surface area contributed by atoms with E-state index in [4.69, 9.17) is 18.7 Å². The van der Waals surface area contributed by atoms with Gasteiger partial charge in [0, 0.05) is 6.61 Å². The van der Waals surface area contributed by atoms with E-state index in [0.29, 0.717) is 30.6 Å². The smallest absolute Gasteiger partial charge is 0.496 e. The fourth-order valence-corrected chi connectivity index (χ4v) is 3.76. The van der Waals surface area contributed by atoms with Gasteiger partial charge in [-0.3, -0.25) is 0 Å². The zero-order valence-corrected chi connectivity index (χ0v) is 15.8. The first kappa shape index (κ1) is 19.8. The Bertz CT molecular complexity index is 561. The number of carbonyl (C=O) groups is 1. The highest BCUT2D eigenvalue weighted by Gasteiger charge is 2.37. The van der Waals surface area contributed by atoms with Crippen LogP contribution in [0.2, 0.25) is 0 Å². The number of carbonyl (C=O) groups excluding carboxylic acids is 1. The Morgan fingerprint density at radius 2 is 1.72 bits per heavy atom. The van der Waals surface area contributed by atoms with E-state index < -0.39 is 13.6 Å². The molecule has 0 spiro atoms. The maximum atomic E-state index is 12.4. The summed E-state index contributed by atoms with van der Waals surface area (Å²) in [7, 11) is 0.364. The van der Waals surface area contributed by atoms with Crippen LogP contribution in [0.3, 0.4) is 0 Å². The molecule has 1 fully saturated rings. The zero-order chi connectivity index (χ0) is 18.1. The molecule has 1 aliphatic rings. The van der Waals surface area contributed by atoms with Crippen LogP contribution in [0, 0.1) is 5.92 Å². The average molecular weight is 369 g/mol. The van der Waals surface area contributed by atoms with E-state index in [1.165, 1.54) is 46.3 Å². The van der Waals surface area contributed by atoms with Crippen molar-refractivity contribution < 1.29 is 28.1 Å². The molecule has 1 unspecified atom stereocenters. The Kier molecular flexibility index (Phi) is 8.32. The van der Waals surface area contributed by atoms with E-state index >= 15 is 0 Å². The monoisotopic (exact) mass is 369 g/mol. The lowest BCUT2D eigenvalue weighted by molar-refractivity contribution is 0.0646. The van der Waals surface area contributed by atoms with Crippen molar-refractivity contribution in [3.05, 3.63) is 23.8 Å². The number of methoxy groups -OCH3 is 2. The second-order valence-corrected chi connectivity index (χ2v) is 7.19. The summed E-state index contributed by atoms with van der Waals surface area (Å²) in [6.07, 6.45) is 6.27. The third-order valence-electron chi connectivity index (χ3n) is 4.32. The number of rotatable bonds is 10. The van der Waals surface area contributed by atoms with Gasteiger partial charge in [0.1, 0.15) is 18.1 Å². The molecule has 1 aromatic carbocycles. The van der Waals surface area contributed by atoms with Gasteiger partial charge in [0.2, 0.25) is 0 Å². The van der Waals surface area contributed by atoms with Gasteiger partial charge in [0.25, 0.3) is 0 Å². The van der Waals surface area contributed by atoms with Gasteiger partial charge in [0.15, 0.2) is 5.56 Å². The van der Waals surface area contributed by atoms with Crippen LogP contribution in [0.1, 0.15) is 42.5 Å². The summed E-state index contributed by atoms with van der Waals surface area (Å²) < 4.78 is 33.2. The van der Waals surface area contributed by atoms with Crippen LogP contribution in [0.5, 0.6) is 11.5 Å². The number of hydrogen-bond donors (Lipinski definition) is 0. The molecule has 0 saturated heterocycles. The highest BCUT2D eigenvalue weighted by atomic mass is 31.1. The summed E-state index contributed by atoms with van der Waals surface area (Å²) in [4.78, 5) is 12.4. The first-order chi connectivity index (χ1) is 12.2. The van der Waals surface area contributed by atoms with E-state index in [2.05, 4.69) is 0 Å². The quantitative estimate of drug-likeness (QED) is 0.455. The Balaban J connectivity index is 1.79. The normalized spacial score (nSPS) is 15.7. The minimum Gasteiger partial charge on any atom is -0.496 e. The lowest BCUT2D eigenvalue weighted by atomic mass is 9.90. The molecular formula is C18H26O6P+. The molecule has 0 aliphatic heterocycles. The van der Waals surface area contributed by atoms with E-state index in [1.54, 1.807) is 18.2 Å². The standard InChI is InChI=1S/C18H26O6P/c1-21-15-9-6-10-16(22-2)17(15)18(19)25(20)24-12-11-23-13-14-7-4-3-5-8-14/h6,9-10,14H,3-5,7-8,11-13H2,1-2H3/q+1. The third-order valence-corrected chi connectivity index (χ3v) is 5.29. The highest BCUT2D eigenvalue weighted by molar-refractivity contribution is 7.60. The summed E-state index contributed by atoms with van der Waals surface area (Å²) in [6, 6.07) is 4.93. The van der Waals surface area contributed by atoms with Crippen LogP contribution < -0.4 is 9.47 Å². The molecule has 0 aromatic heterocycles. The average Bonchev–Trinajstić information content (AvgIpc) is 2.67. The molecule has 0 radical (unpaired) electrons.